The Kier molecular flexibility index (Phi) is 6.12. The van der Waals surface area contributed by atoms with Gasteiger partial charge in [0.2, 0.25) is 0 Å². The molecule has 0 saturated carbocycles. The van der Waals surface area contributed by atoms with E-state index >= 15 is 0 Å². The van der Waals surface area contributed by atoms with Crippen molar-refractivity contribution in [2.24, 2.45) is 9.98 Å². The second kappa shape index (κ2) is 11.0. The van der Waals surface area contributed by atoms with Crippen molar-refractivity contribution in [1.82, 2.24) is 5.32 Å². The minimum Gasteiger partial charge on any atom is -0.456 e. The van der Waals surface area contributed by atoms with E-state index in [1.165, 1.54) is 20.2 Å². The smallest absolute Gasteiger partial charge is 0.160 e. The van der Waals surface area contributed by atoms with Crippen molar-refractivity contribution in [1.29, 1.82) is 0 Å². The third-order valence-corrected chi connectivity index (χ3v) is 11.1. The van der Waals surface area contributed by atoms with Crippen molar-refractivity contribution < 1.29 is 8.83 Å². The predicted molar refractivity (Wildman–Crippen MR) is 211 cm³/mol. The Labute approximate surface area is 295 Å². The second-order valence-corrected chi connectivity index (χ2v) is 14.0. The van der Waals surface area contributed by atoms with Gasteiger partial charge in [0.25, 0.3) is 0 Å². The molecule has 1 atom stereocenters. The summed E-state index contributed by atoms with van der Waals surface area (Å²) < 4.78 is 15.4. The van der Waals surface area contributed by atoms with Crippen LogP contribution in [0.5, 0.6) is 0 Å². The zero-order valence-corrected chi connectivity index (χ0v) is 27.9. The molecule has 4 heterocycles. The van der Waals surface area contributed by atoms with Crippen LogP contribution in [0.25, 0.3) is 75.2 Å². The van der Waals surface area contributed by atoms with Crippen LogP contribution >= 0.6 is 11.3 Å². The van der Waals surface area contributed by atoms with Crippen LogP contribution in [0, 0.1) is 0 Å². The van der Waals surface area contributed by atoms with Crippen molar-refractivity contribution in [2.45, 2.75) is 6.17 Å². The highest BCUT2D eigenvalue weighted by Crippen LogP contribution is 2.41. The Hall–Kier alpha value is -6.50. The molecule has 0 amide bonds. The maximum atomic E-state index is 6.58. The van der Waals surface area contributed by atoms with Gasteiger partial charge < -0.3 is 14.2 Å². The van der Waals surface area contributed by atoms with Gasteiger partial charge in [0, 0.05) is 58.4 Å². The fraction of sp³-hybridized carbons (Fsp3) is 0.0222. The number of hydrogen-bond donors (Lipinski definition) is 1. The molecule has 1 N–H and O–H groups in total. The lowest BCUT2D eigenvalue weighted by Crippen LogP contribution is -2.33. The van der Waals surface area contributed by atoms with E-state index in [2.05, 4.69) is 102 Å². The van der Waals surface area contributed by atoms with Gasteiger partial charge >= 0.3 is 0 Å². The Morgan fingerprint density at radius 3 is 2.02 bits per heavy atom. The Balaban J connectivity index is 1.18. The highest BCUT2D eigenvalue weighted by molar-refractivity contribution is 7.25. The Morgan fingerprint density at radius 1 is 0.490 bits per heavy atom. The molecule has 5 nitrogen and oxygen atoms in total. The van der Waals surface area contributed by atoms with Crippen molar-refractivity contribution in [3.8, 4) is 11.1 Å². The molecule has 11 rings (SSSR count). The lowest BCUT2D eigenvalue weighted by Gasteiger charge is -2.24. The molecular formula is C45H27N3O2S. The topological polar surface area (TPSA) is 63.0 Å². The first-order valence-electron chi connectivity index (χ1n) is 17.0. The molecule has 10 aromatic rings. The number of thiophene rings is 1. The molecule has 3 aromatic heterocycles. The van der Waals surface area contributed by atoms with Gasteiger partial charge in [-0.2, -0.15) is 0 Å². The number of fused-ring (bicyclic) bond motifs is 9. The van der Waals surface area contributed by atoms with Crippen LogP contribution in [0.15, 0.2) is 170 Å². The summed E-state index contributed by atoms with van der Waals surface area (Å²) in [6.07, 6.45) is -0.428. The number of hydrogen-bond acceptors (Lipinski definition) is 6. The van der Waals surface area contributed by atoms with Gasteiger partial charge in [0.15, 0.2) is 5.84 Å². The number of nitrogens with one attached hydrogen (secondary N) is 1. The van der Waals surface area contributed by atoms with E-state index < -0.39 is 6.17 Å². The summed E-state index contributed by atoms with van der Waals surface area (Å²) in [5.74, 6) is 1.40. The van der Waals surface area contributed by atoms with E-state index in [9.17, 15) is 0 Å². The average molecular weight is 674 g/mol. The average Bonchev–Trinajstić information content (AvgIpc) is 3.88. The van der Waals surface area contributed by atoms with Gasteiger partial charge in [-0.3, -0.25) is 0 Å². The number of rotatable bonds is 4. The van der Waals surface area contributed by atoms with Crippen molar-refractivity contribution >= 4 is 87.1 Å². The van der Waals surface area contributed by atoms with Gasteiger partial charge in [0.05, 0.1) is 0 Å². The third kappa shape index (κ3) is 4.47. The lowest BCUT2D eigenvalue weighted by atomic mass is 9.96. The monoisotopic (exact) mass is 673 g/mol. The summed E-state index contributed by atoms with van der Waals surface area (Å²) in [6.45, 7) is 0. The zero-order chi connectivity index (χ0) is 33.5. The number of aliphatic imine (C=N–C) groups is 2. The molecule has 1 unspecified atom stereocenters. The molecule has 0 bridgehead atoms. The molecule has 6 heteroatoms. The van der Waals surface area contributed by atoms with Crippen LogP contribution in [-0.4, -0.2) is 11.7 Å². The van der Waals surface area contributed by atoms with Crippen LogP contribution in [-0.2, 0) is 0 Å². The standard InChI is InChI=1S/C45H27N3O2S/c1-2-11-26(12-3-1)43-46-44(32-16-10-19-37-41(32)30-14-4-7-17-35(30)49-37)48-45(47-43)34-24-28(25-38-42(34)31-15-5-8-18-36(31)50-38)27-21-22-40-33(23-27)29-13-6-9-20-39(29)51-40/h1-25,44H,(H,46,47,48). The van der Waals surface area contributed by atoms with Crippen LogP contribution in [0.2, 0.25) is 0 Å². The summed E-state index contributed by atoms with van der Waals surface area (Å²) in [4.78, 5) is 10.7. The SMILES string of the molecule is c1ccc(C2=NC(c3cc(-c4ccc5sc6ccccc6c5c4)cc4oc5ccccc5c34)=NC(c3cccc4oc5ccccc5c34)N2)cc1. The molecule has 0 radical (unpaired) electrons. The van der Waals surface area contributed by atoms with Crippen LogP contribution < -0.4 is 5.32 Å². The molecule has 1 aliphatic heterocycles. The van der Waals surface area contributed by atoms with Crippen LogP contribution in [0.3, 0.4) is 0 Å². The molecule has 240 valence electrons. The Bertz CT molecular complexity index is 3070. The van der Waals surface area contributed by atoms with E-state index in [0.29, 0.717) is 5.84 Å². The predicted octanol–water partition coefficient (Wildman–Crippen LogP) is 12.0. The van der Waals surface area contributed by atoms with Gasteiger partial charge in [-0.05, 0) is 59.7 Å². The molecule has 0 aliphatic carbocycles. The number of nitrogens with zero attached hydrogens (tertiary/aromatic N) is 2. The largest absolute Gasteiger partial charge is 0.456 e. The van der Waals surface area contributed by atoms with Crippen molar-refractivity contribution in [3.05, 3.63) is 168 Å². The van der Waals surface area contributed by atoms with Gasteiger partial charge in [0.1, 0.15) is 34.3 Å². The minimum absolute atomic E-state index is 0.428. The fourth-order valence-corrected chi connectivity index (χ4v) is 8.69. The fourth-order valence-electron chi connectivity index (χ4n) is 7.61. The highest BCUT2D eigenvalue weighted by atomic mass is 32.1. The lowest BCUT2D eigenvalue weighted by molar-refractivity contribution is 0.662. The van der Waals surface area contributed by atoms with E-state index in [0.717, 1.165) is 77.5 Å². The summed E-state index contributed by atoms with van der Waals surface area (Å²) in [7, 11) is 0. The van der Waals surface area contributed by atoms with E-state index in [-0.39, 0.29) is 0 Å². The molecule has 0 saturated heterocycles. The van der Waals surface area contributed by atoms with Gasteiger partial charge in [-0.15, -0.1) is 11.3 Å². The number of amidine groups is 2. The molecule has 0 fully saturated rings. The maximum Gasteiger partial charge on any atom is 0.160 e. The summed E-state index contributed by atoms with van der Waals surface area (Å²) in [5, 5.41) is 10.4. The Morgan fingerprint density at radius 2 is 1.18 bits per heavy atom. The highest BCUT2D eigenvalue weighted by Gasteiger charge is 2.26. The van der Waals surface area contributed by atoms with Crippen molar-refractivity contribution in [2.75, 3.05) is 0 Å². The van der Waals surface area contributed by atoms with Gasteiger partial charge in [-0.1, -0.05) is 103 Å². The van der Waals surface area contributed by atoms with Crippen LogP contribution in [0.4, 0.5) is 0 Å². The first-order chi connectivity index (χ1) is 25.2. The number of furan rings is 2. The third-order valence-electron chi connectivity index (χ3n) is 9.95. The van der Waals surface area contributed by atoms with Gasteiger partial charge in [-0.25, -0.2) is 9.98 Å². The minimum atomic E-state index is -0.428. The van der Waals surface area contributed by atoms with Crippen molar-refractivity contribution in [3.63, 3.8) is 0 Å². The molecular weight excluding hydrogens is 647 g/mol. The molecule has 7 aromatic carbocycles. The van der Waals surface area contributed by atoms with E-state index in [4.69, 9.17) is 18.8 Å². The molecule has 1 aliphatic rings. The summed E-state index contributed by atoms with van der Waals surface area (Å²) in [5.41, 5.74) is 8.41. The zero-order valence-electron chi connectivity index (χ0n) is 27.1. The quantitative estimate of drug-likeness (QED) is 0.202. The first-order valence-corrected chi connectivity index (χ1v) is 17.8. The summed E-state index contributed by atoms with van der Waals surface area (Å²) in [6, 6.07) is 52.6. The molecule has 0 spiro atoms. The maximum absolute atomic E-state index is 6.58. The van der Waals surface area contributed by atoms with E-state index in [1.807, 2.05) is 65.9 Å². The normalized spacial score (nSPS) is 14.9. The number of benzene rings is 7. The summed E-state index contributed by atoms with van der Waals surface area (Å²) >= 11 is 1.83. The molecule has 51 heavy (non-hydrogen) atoms. The second-order valence-electron chi connectivity index (χ2n) is 12.9. The number of para-hydroxylation sites is 2. The van der Waals surface area contributed by atoms with E-state index in [1.54, 1.807) is 0 Å². The first kappa shape index (κ1) is 28.3. The van der Waals surface area contributed by atoms with Crippen LogP contribution in [0.1, 0.15) is 22.9 Å².